The first kappa shape index (κ1) is 11.0. The monoisotopic (exact) mass is 216 g/mol. The lowest BCUT2D eigenvalue weighted by atomic mass is 10.1. The van der Waals surface area contributed by atoms with Gasteiger partial charge in [0.25, 0.3) is 0 Å². The fraction of sp³-hybridized carbons (Fsp3) is 0.462. The quantitative estimate of drug-likeness (QED) is 0.840. The van der Waals surface area contributed by atoms with E-state index in [-0.39, 0.29) is 6.10 Å². The van der Waals surface area contributed by atoms with Crippen LogP contribution in [-0.4, -0.2) is 18.7 Å². The van der Waals surface area contributed by atoms with Gasteiger partial charge >= 0.3 is 0 Å². The largest absolute Gasteiger partial charge is 0.489 e. The Morgan fingerprint density at radius 3 is 3.06 bits per heavy atom. The summed E-state index contributed by atoms with van der Waals surface area (Å²) in [6.07, 6.45) is 1.68. The van der Waals surface area contributed by atoms with Gasteiger partial charge in [0, 0.05) is 19.0 Å². The second-order valence-electron chi connectivity index (χ2n) is 4.21. The highest BCUT2D eigenvalue weighted by molar-refractivity contribution is 5.32. The first-order valence-electron chi connectivity index (χ1n) is 5.62. The summed E-state index contributed by atoms with van der Waals surface area (Å²) in [5.74, 6) is 0.951. The van der Waals surface area contributed by atoms with Crippen molar-refractivity contribution in [3.63, 3.8) is 0 Å². The summed E-state index contributed by atoms with van der Waals surface area (Å²) < 4.78 is 5.91. The van der Waals surface area contributed by atoms with Crippen LogP contribution in [0.4, 0.5) is 0 Å². The van der Waals surface area contributed by atoms with E-state index in [1.165, 1.54) is 0 Å². The molecule has 2 atom stereocenters. The maximum Gasteiger partial charge on any atom is 0.122 e. The van der Waals surface area contributed by atoms with Gasteiger partial charge in [-0.2, -0.15) is 5.26 Å². The van der Waals surface area contributed by atoms with E-state index in [9.17, 15) is 0 Å². The molecule has 3 heteroatoms. The third-order valence-electron chi connectivity index (χ3n) is 2.91. The summed E-state index contributed by atoms with van der Waals surface area (Å²) in [5.41, 5.74) is 1.16. The van der Waals surface area contributed by atoms with Crippen LogP contribution >= 0.6 is 0 Å². The second-order valence-corrected chi connectivity index (χ2v) is 4.21. The first-order valence-corrected chi connectivity index (χ1v) is 5.62. The number of nitrogens with one attached hydrogen (secondary N) is 1. The Labute approximate surface area is 96.0 Å². The maximum absolute atomic E-state index is 8.62. The van der Waals surface area contributed by atoms with Gasteiger partial charge in [-0.1, -0.05) is 18.2 Å². The lowest BCUT2D eigenvalue weighted by molar-refractivity contribution is 0.218. The number of rotatable bonds is 3. The van der Waals surface area contributed by atoms with Crippen LogP contribution in [0.3, 0.4) is 0 Å². The van der Waals surface area contributed by atoms with E-state index < -0.39 is 0 Å². The molecule has 1 heterocycles. The van der Waals surface area contributed by atoms with Crippen molar-refractivity contribution in [1.29, 1.82) is 5.26 Å². The maximum atomic E-state index is 8.62. The summed E-state index contributed by atoms with van der Waals surface area (Å²) in [5, 5.41) is 11.9. The Morgan fingerprint density at radius 1 is 1.50 bits per heavy atom. The van der Waals surface area contributed by atoms with Crippen LogP contribution in [0, 0.1) is 18.3 Å². The van der Waals surface area contributed by atoms with Gasteiger partial charge in [0.05, 0.1) is 12.5 Å². The summed E-state index contributed by atoms with van der Waals surface area (Å²) in [7, 11) is 0. The minimum atomic E-state index is 0.194. The van der Waals surface area contributed by atoms with Crippen LogP contribution in [0.15, 0.2) is 24.3 Å². The minimum Gasteiger partial charge on any atom is -0.489 e. The van der Waals surface area contributed by atoms with Gasteiger partial charge in [0.1, 0.15) is 11.9 Å². The number of hydrogen-bond acceptors (Lipinski definition) is 3. The number of nitriles is 1. The number of hydrogen-bond donors (Lipinski definition) is 1. The molecule has 0 aromatic heterocycles. The van der Waals surface area contributed by atoms with Gasteiger partial charge in [-0.25, -0.2) is 0 Å². The molecular formula is C13H16N2O. The van der Waals surface area contributed by atoms with Crippen LogP contribution in [0.5, 0.6) is 5.75 Å². The highest BCUT2D eigenvalue weighted by Gasteiger charge is 2.25. The number of nitrogens with zero attached hydrogens (tertiary/aromatic N) is 1. The van der Waals surface area contributed by atoms with Gasteiger partial charge in [0.2, 0.25) is 0 Å². The van der Waals surface area contributed by atoms with Gasteiger partial charge in [-0.15, -0.1) is 0 Å². The van der Waals surface area contributed by atoms with Crippen LogP contribution in [-0.2, 0) is 0 Å². The average Bonchev–Trinajstić information content (AvgIpc) is 2.70. The molecule has 1 N–H and O–H groups in total. The van der Waals surface area contributed by atoms with Crippen molar-refractivity contribution in [3.8, 4) is 11.8 Å². The van der Waals surface area contributed by atoms with Crippen LogP contribution < -0.4 is 10.1 Å². The van der Waals surface area contributed by atoms with Crippen molar-refractivity contribution < 1.29 is 4.74 Å². The van der Waals surface area contributed by atoms with Gasteiger partial charge < -0.3 is 10.1 Å². The molecule has 1 fully saturated rings. The number of para-hydroxylation sites is 1. The van der Waals surface area contributed by atoms with E-state index in [1.807, 2.05) is 31.2 Å². The van der Waals surface area contributed by atoms with Crippen molar-refractivity contribution in [2.24, 2.45) is 0 Å². The van der Waals surface area contributed by atoms with E-state index in [1.54, 1.807) is 0 Å². The zero-order valence-corrected chi connectivity index (χ0v) is 9.44. The Morgan fingerprint density at radius 2 is 2.31 bits per heavy atom. The smallest absolute Gasteiger partial charge is 0.122 e. The molecule has 84 valence electrons. The minimum absolute atomic E-state index is 0.194. The van der Waals surface area contributed by atoms with Gasteiger partial charge in [-0.3, -0.25) is 0 Å². The Bertz CT molecular complexity index is 397. The normalized spacial score (nSPS) is 24.0. The van der Waals surface area contributed by atoms with E-state index >= 15 is 0 Å². The molecule has 0 saturated carbocycles. The number of benzene rings is 1. The van der Waals surface area contributed by atoms with Crippen molar-refractivity contribution in [3.05, 3.63) is 29.8 Å². The highest BCUT2D eigenvalue weighted by Crippen LogP contribution is 2.21. The van der Waals surface area contributed by atoms with Crippen molar-refractivity contribution in [1.82, 2.24) is 5.32 Å². The summed E-state index contributed by atoms with van der Waals surface area (Å²) in [6.45, 7) is 2.88. The van der Waals surface area contributed by atoms with E-state index in [4.69, 9.17) is 10.00 Å². The molecule has 2 rings (SSSR count). The molecule has 1 aromatic carbocycles. The third-order valence-corrected chi connectivity index (χ3v) is 2.91. The molecule has 0 amide bonds. The summed E-state index contributed by atoms with van der Waals surface area (Å²) in [4.78, 5) is 0. The van der Waals surface area contributed by atoms with E-state index in [2.05, 4.69) is 11.4 Å². The third kappa shape index (κ3) is 2.53. The molecule has 0 spiro atoms. The van der Waals surface area contributed by atoms with E-state index in [0.717, 1.165) is 24.3 Å². The zero-order chi connectivity index (χ0) is 11.4. The van der Waals surface area contributed by atoms with Crippen LogP contribution in [0.1, 0.15) is 18.4 Å². The lowest BCUT2D eigenvalue weighted by Crippen LogP contribution is -2.22. The summed E-state index contributed by atoms with van der Waals surface area (Å²) >= 11 is 0. The van der Waals surface area contributed by atoms with Crippen molar-refractivity contribution in [2.45, 2.75) is 31.9 Å². The molecule has 1 aliphatic heterocycles. The first-order chi connectivity index (χ1) is 7.79. The van der Waals surface area contributed by atoms with Crippen molar-refractivity contribution in [2.75, 3.05) is 6.54 Å². The van der Waals surface area contributed by atoms with Crippen LogP contribution in [0.25, 0.3) is 0 Å². The van der Waals surface area contributed by atoms with Crippen molar-refractivity contribution >= 4 is 0 Å². The average molecular weight is 216 g/mol. The predicted molar refractivity (Wildman–Crippen MR) is 62.2 cm³/mol. The lowest BCUT2D eigenvalue weighted by Gasteiger charge is -2.14. The van der Waals surface area contributed by atoms with Gasteiger partial charge in [0.15, 0.2) is 0 Å². The molecule has 0 bridgehead atoms. The fourth-order valence-corrected chi connectivity index (χ4v) is 2.01. The highest BCUT2D eigenvalue weighted by atomic mass is 16.5. The van der Waals surface area contributed by atoms with Gasteiger partial charge in [-0.05, 0) is 18.6 Å². The molecule has 1 aliphatic rings. The van der Waals surface area contributed by atoms with Crippen LogP contribution in [0.2, 0.25) is 0 Å². The Hall–Kier alpha value is -1.53. The molecule has 0 radical (unpaired) electrons. The Kier molecular flexibility index (Phi) is 3.43. The molecule has 2 unspecified atom stereocenters. The topological polar surface area (TPSA) is 45.0 Å². The zero-order valence-electron chi connectivity index (χ0n) is 9.44. The number of aryl methyl sites for hydroxylation is 1. The SMILES string of the molecule is Cc1ccccc1OC1CNC(CC#N)C1. The predicted octanol–water partition coefficient (Wildman–Crippen LogP) is 2.02. The molecule has 1 saturated heterocycles. The Balaban J connectivity index is 1.93. The molecular weight excluding hydrogens is 200 g/mol. The molecule has 16 heavy (non-hydrogen) atoms. The standard InChI is InChI=1S/C13H16N2O/c1-10-4-2-3-5-13(10)16-12-8-11(6-7-14)15-9-12/h2-5,11-12,15H,6,8-9H2,1H3. The summed E-state index contributed by atoms with van der Waals surface area (Å²) in [6, 6.07) is 10.5. The fourth-order valence-electron chi connectivity index (χ4n) is 2.01. The molecule has 0 aliphatic carbocycles. The van der Waals surface area contributed by atoms with E-state index in [0.29, 0.717) is 12.5 Å². The second kappa shape index (κ2) is 5.00. The number of ether oxygens (including phenoxy) is 1. The molecule has 3 nitrogen and oxygen atoms in total. The molecule has 1 aromatic rings.